The molecule has 0 aliphatic heterocycles. The van der Waals surface area contributed by atoms with Crippen molar-refractivity contribution in [1.29, 1.82) is 0 Å². The fourth-order valence-electron chi connectivity index (χ4n) is 1.35. The van der Waals surface area contributed by atoms with Crippen molar-refractivity contribution in [3.63, 3.8) is 0 Å². The normalized spacial score (nSPS) is 12.9. The van der Waals surface area contributed by atoms with Gasteiger partial charge in [-0.1, -0.05) is 6.07 Å². The van der Waals surface area contributed by atoms with Crippen LogP contribution < -0.4 is 5.32 Å². The average molecular weight is 240 g/mol. The molecule has 0 unspecified atom stereocenters. The van der Waals surface area contributed by atoms with Gasteiger partial charge in [-0.3, -0.25) is 0 Å². The number of nitrogens with two attached hydrogens (primary N) is 1. The average Bonchev–Trinajstić information content (AvgIpc) is 2.89. The molecule has 0 saturated carbocycles. The molecule has 6 nitrogen and oxygen atoms in total. The van der Waals surface area contributed by atoms with Gasteiger partial charge in [0.05, 0.1) is 11.9 Å². The van der Waals surface area contributed by atoms with Crippen molar-refractivity contribution >= 4 is 11.3 Å². The fourth-order valence-corrected chi connectivity index (χ4v) is 2.05. The van der Waals surface area contributed by atoms with Crippen LogP contribution in [0.5, 0.6) is 0 Å². The van der Waals surface area contributed by atoms with Gasteiger partial charge in [0, 0.05) is 0 Å². The van der Waals surface area contributed by atoms with Crippen molar-refractivity contribution in [2.75, 3.05) is 6.54 Å². The van der Waals surface area contributed by atoms with Crippen molar-refractivity contribution in [3.8, 4) is 0 Å². The summed E-state index contributed by atoms with van der Waals surface area (Å²) in [7, 11) is 1.68. The summed E-state index contributed by atoms with van der Waals surface area (Å²) in [6.45, 7) is 1.42. The number of rotatable bonds is 5. The van der Waals surface area contributed by atoms with Crippen LogP contribution in [0, 0.1) is 0 Å². The quantitative estimate of drug-likeness (QED) is 0.707. The molecular weight excluding hydrogens is 226 g/mol. The molecule has 86 valence electrons. The van der Waals surface area contributed by atoms with E-state index >= 15 is 0 Å². The molecule has 2 heterocycles. The van der Waals surface area contributed by atoms with Gasteiger partial charge in [0.2, 0.25) is 5.82 Å². The SMILES string of the molecule is Cn1nnc([C@@H](O)C[NH2+]Cc2cccs2)n1. The maximum atomic E-state index is 9.76. The zero-order valence-electron chi connectivity index (χ0n) is 8.95. The van der Waals surface area contributed by atoms with Crippen LogP contribution in [0.2, 0.25) is 0 Å². The summed E-state index contributed by atoms with van der Waals surface area (Å²) in [6.07, 6.45) is -0.659. The molecular formula is C9H14N5OS+. The number of aliphatic hydroxyl groups is 1. The van der Waals surface area contributed by atoms with Crippen LogP contribution in [-0.2, 0) is 13.6 Å². The first-order chi connectivity index (χ1) is 7.75. The number of nitrogens with zero attached hydrogens (tertiary/aromatic N) is 4. The monoisotopic (exact) mass is 240 g/mol. The molecule has 0 aliphatic rings. The molecule has 7 heteroatoms. The first-order valence-electron chi connectivity index (χ1n) is 5.01. The third-order valence-corrected chi connectivity index (χ3v) is 3.04. The number of tetrazole rings is 1. The minimum Gasteiger partial charge on any atom is -0.379 e. The van der Waals surface area contributed by atoms with Crippen LogP contribution in [0.3, 0.4) is 0 Å². The highest BCUT2D eigenvalue weighted by Crippen LogP contribution is 2.06. The number of hydrogen-bond donors (Lipinski definition) is 2. The molecule has 0 radical (unpaired) electrons. The summed E-state index contributed by atoms with van der Waals surface area (Å²) in [5, 5.41) is 25.2. The molecule has 0 bridgehead atoms. The maximum absolute atomic E-state index is 9.76. The second kappa shape index (κ2) is 5.15. The third-order valence-electron chi connectivity index (χ3n) is 2.14. The van der Waals surface area contributed by atoms with E-state index in [1.54, 1.807) is 18.4 Å². The molecule has 0 aromatic carbocycles. The van der Waals surface area contributed by atoms with Gasteiger partial charge >= 0.3 is 0 Å². The molecule has 3 N–H and O–H groups in total. The van der Waals surface area contributed by atoms with E-state index in [0.29, 0.717) is 12.4 Å². The van der Waals surface area contributed by atoms with E-state index in [0.717, 1.165) is 6.54 Å². The highest BCUT2D eigenvalue weighted by atomic mass is 32.1. The van der Waals surface area contributed by atoms with E-state index < -0.39 is 6.10 Å². The lowest BCUT2D eigenvalue weighted by Crippen LogP contribution is -2.83. The van der Waals surface area contributed by atoms with Crippen molar-refractivity contribution < 1.29 is 10.4 Å². The Hall–Kier alpha value is -1.31. The fraction of sp³-hybridized carbons (Fsp3) is 0.444. The smallest absolute Gasteiger partial charge is 0.208 e. The minimum atomic E-state index is -0.659. The van der Waals surface area contributed by atoms with E-state index in [1.165, 1.54) is 9.67 Å². The zero-order chi connectivity index (χ0) is 11.4. The van der Waals surface area contributed by atoms with Crippen LogP contribution in [0.25, 0.3) is 0 Å². The van der Waals surface area contributed by atoms with E-state index in [2.05, 4.69) is 21.5 Å². The predicted molar refractivity (Wildman–Crippen MR) is 58.6 cm³/mol. The van der Waals surface area contributed by atoms with Gasteiger partial charge < -0.3 is 10.4 Å². The molecule has 16 heavy (non-hydrogen) atoms. The number of aliphatic hydroxyl groups excluding tert-OH is 1. The first kappa shape index (κ1) is 11.2. The van der Waals surface area contributed by atoms with Crippen molar-refractivity contribution in [1.82, 2.24) is 20.2 Å². The first-order valence-corrected chi connectivity index (χ1v) is 5.89. The third kappa shape index (κ3) is 2.84. The number of aryl methyl sites for hydroxylation is 1. The molecule has 2 aromatic heterocycles. The van der Waals surface area contributed by atoms with Crippen LogP contribution in [0.1, 0.15) is 16.8 Å². The molecule has 0 saturated heterocycles. The van der Waals surface area contributed by atoms with Crippen molar-refractivity contribution in [3.05, 3.63) is 28.2 Å². The van der Waals surface area contributed by atoms with E-state index in [4.69, 9.17) is 0 Å². The van der Waals surface area contributed by atoms with Gasteiger partial charge in [0.25, 0.3) is 0 Å². The van der Waals surface area contributed by atoms with Crippen LogP contribution in [-0.4, -0.2) is 31.9 Å². The Bertz CT molecular complexity index is 427. The Morgan fingerprint density at radius 1 is 1.62 bits per heavy atom. The molecule has 0 spiro atoms. The zero-order valence-corrected chi connectivity index (χ0v) is 9.76. The van der Waals surface area contributed by atoms with E-state index in [9.17, 15) is 5.11 Å². The summed E-state index contributed by atoms with van der Waals surface area (Å²) in [5.41, 5.74) is 0. The Morgan fingerprint density at radius 3 is 3.12 bits per heavy atom. The second-order valence-electron chi connectivity index (χ2n) is 3.46. The molecule has 2 aromatic rings. The standard InChI is InChI=1S/C9H13N5OS/c1-14-12-9(11-13-14)8(15)6-10-5-7-3-2-4-16-7/h2-4,8,10,15H,5-6H2,1H3/p+1/t8-/m0/s1. The lowest BCUT2D eigenvalue weighted by Gasteiger charge is -2.03. The summed E-state index contributed by atoms with van der Waals surface area (Å²) in [6, 6.07) is 4.10. The van der Waals surface area contributed by atoms with Gasteiger partial charge in [0.15, 0.2) is 6.10 Å². The van der Waals surface area contributed by atoms with Gasteiger partial charge in [0.1, 0.15) is 13.1 Å². The topological polar surface area (TPSA) is 80.4 Å². The Kier molecular flexibility index (Phi) is 3.60. The number of aromatic nitrogens is 4. The van der Waals surface area contributed by atoms with E-state index in [-0.39, 0.29) is 0 Å². The Labute approximate surface area is 96.9 Å². The summed E-state index contributed by atoms with van der Waals surface area (Å²) in [5.74, 6) is 0.380. The van der Waals surface area contributed by atoms with Crippen molar-refractivity contribution in [2.24, 2.45) is 7.05 Å². The molecule has 0 fully saturated rings. The summed E-state index contributed by atoms with van der Waals surface area (Å²) in [4.78, 5) is 2.64. The summed E-state index contributed by atoms with van der Waals surface area (Å²) < 4.78 is 0. The molecule has 1 atom stereocenters. The molecule has 0 aliphatic carbocycles. The maximum Gasteiger partial charge on any atom is 0.208 e. The van der Waals surface area contributed by atoms with Crippen molar-refractivity contribution in [2.45, 2.75) is 12.6 Å². The highest BCUT2D eigenvalue weighted by molar-refractivity contribution is 7.09. The lowest BCUT2D eigenvalue weighted by molar-refractivity contribution is -0.677. The largest absolute Gasteiger partial charge is 0.379 e. The predicted octanol–water partition coefficient (Wildman–Crippen LogP) is -0.931. The van der Waals surface area contributed by atoms with Gasteiger partial charge in [-0.05, 0) is 16.7 Å². The van der Waals surface area contributed by atoms with E-state index in [1.807, 2.05) is 16.8 Å². The minimum absolute atomic E-state index is 0.380. The van der Waals surface area contributed by atoms with Gasteiger partial charge in [-0.15, -0.1) is 21.5 Å². The number of thiophene rings is 1. The van der Waals surface area contributed by atoms with Gasteiger partial charge in [-0.25, -0.2) is 0 Å². The second-order valence-corrected chi connectivity index (χ2v) is 4.49. The number of quaternary nitrogens is 1. The molecule has 0 amide bonds. The lowest BCUT2D eigenvalue weighted by atomic mass is 10.3. The summed E-state index contributed by atoms with van der Waals surface area (Å²) >= 11 is 1.71. The highest BCUT2D eigenvalue weighted by Gasteiger charge is 2.14. The van der Waals surface area contributed by atoms with Crippen LogP contribution in [0.4, 0.5) is 0 Å². The Balaban J connectivity index is 1.78. The molecule has 2 rings (SSSR count). The number of hydrogen-bond acceptors (Lipinski definition) is 5. The van der Waals surface area contributed by atoms with Gasteiger partial charge in [-0.2, -0.15) is 4.80 Å². The van der Waals surface area contributed by atoms with Crippen LogP contribution >= 0.6 is 11.3 Å². The van der Waals surface area contributed by atoms with Crippen LogP contribution in [0.15, 0.2) is 17.5 Å². The Morgan fingerprint density at radius 2 is 2.50 bits per heavy atom.